The highest BCUT2D eigenvalue weighted by Gasteiger charge is 2.25. The monoisotopic (exact) mass is 280 g/mol. The second-order valence-corrected chi connectivity index (χ2v) is 5.54. The molecule has 2 nitrogen and oxygen atoms in total. The maximum atomic E-state index is 12.3. The lowest BCUT2D eigenvalue weighted by atomic mass is 9.95. The molecule has 2 aromatic carbocycles. The summed E-state index contributed by atoms with van der Waals surface area (Å²) in [5.74, 6) is 0.547. The van der Waals surface area contributed by atoms with Gasteiger partial charge in [-0.1, -0.05) is 54.6 Å². The first-order valence-electron chi connectivity index (χ1n) is 6.32. The third-order valence-electron chi connectivity index (χ3n) is 3.16. The molecule has 20 heavy (non-hydrogen) atoms. The van der Waals surface area contributed by atoms with Crippen LogP contribution in [0.3, 0.4) is 0 Å². The second kappa shape index (κ2) is 5.47. The van der Waals surface area contributed by atoms with E-state index in [1.165, 1.54) is 17.8 Å². The zero-order valence-corrected chi connectivity index (χ0v) is 11.5. The van der Waals surface area contributed by atoms with E-state index in [1.807, 2.05) is 30.3 Å². The molecule has 2 aromatic rings. The third kappa shape index (κ3) is 2.45. The number of ketones is 2. The van der Waals surface area contributed by atoms with E-state index in [0.717, 1.165) is 5.56 Å². The number of hydrogen-bond acceptors (Lipinski definition) is 3. The minimum absolute atomic E-state index is 0.0545. The molecule has 0 saturated carbocycles. The Morgan fingerprint density at radius 3 is 2.20 bits per heavy atom. The van der Waals surface area contributed by atoms with Crippen LogP contribution in [0.25, 0.3) is 0 Å². The first-order valence-corrected chi connectivity index (χ1v) is 7.31. The van der Waals surface area contributed by atoms with Crippen molar-refractivity contribution < 1.29 is 9.59 Å². The number of carbonyl (C=O) groups excluding carboxylic acids is 2. The van der Waals surface area contributed by atoms with E-state index < -0.39 is 0 Å². The van der Waals surface area contributed by atoms with Crippen molar-refractivity contribution in [2.75, 3.05) is 0 Å². The minimum Gasteiger partial charge on any atom is -0.289 e. The largest absolute Gasteiger partial charge is 0.289 e. The normalized spacial score (nSPS) is 13.9. The van der Waals surface area contributed by atoms with Gasteiger partial charge in [-0.2, -0.15) is 0 Å². The number of rotatable bonds is 3. The number of thioether (sulfide) groups is 1. The third-order valence-corrected chi connectivity index (χ3v) is 4.25. The molecule has 3 heteroatoms. The van der Waals surface area contributed by atoms with Crippen LogP contribution in [0, 0.1) is 0 Å². The van der Waals surface area contributed by atoms with Gasteiger partial charge >= 0.3 is 0 Å². The lowest BCUT2D eigenvalue weighted by Gasteiger charge is -2.14. The van der Waals surface area contributed by atoms with Crippen molar-refractivity contribution in [3.05, 3.63) is 82.3 Å². The van der Waals surface area contributed by atoms with Crippen molar-refractivity contribution in [2.24, 2.45) is 0 Å². The number of Topliss-reactive ketones (excluding diaryl/α,β-unsaturated/α-hetero) is 1. The number of carbonyl (C=O) groups is 2. The molecular formula is C17H12O2S. The molecule has 3 rings (SSSR count). The van der Waals surface area contributed by atoms with E-state index >= 15 is 0 Å². The maximum Gasteiger partial charge on any atom is 0.200 e. The van der Waals surface area contributed by atoms with Crippen molar-refractivity contribution >= 4 is 23.3 Å². The van der Waals surface area contributed by atoms with Gasteiger partial charge in [0.25, 0.3) is 0 Å². The van der Waals surface area contributed by atoms with Crippen molar-refractivity contribution in [3.63, 3.8) is 0 Å². The predicted molar refractivity (Wildman–Crippen MR) is 80.9 cm³/mol. The quantitative estimate of drug-likeness (QED) is 0.855. The molecule has 0 aliphatic heterocycles. The van der Waals surface area contributed by atoms with Crippen LogP contribution in [-0.4, -0.2) is 11.6 Å². The van der Waals surface area contributed by atoms with E-state index in [2.05, 4.69) is 0 Å². The number of fused-ring (bicyclic) bond motifs is 1. The van der Waals surface area contributed by atoms with Crippen LogP contribution in [0.4, 0.5) is 0 Å². The molecule has 0 atom stereocenters. The summed E-state index contributed by atoms with van der Waals surface area (Å²) in [7, 11) is 0. The Morgan fingerprint density at radius 1 is 0.800 bits per heavy atom. The van der Waals surface area contributed by atoms with E-state index in [4.69, 9.17) is 0 Å². The number of hydrogen-bond donors (Lipinski definition) is 0. The molecule has 0 bridgehead atoms. The fourth-order valence-corrected chi connectivity index (χ4v) is 3.08. The standard InChI is InChI=1S/C17H12O2S/c18-15-10-16(20-11-12-6-2-1-3-7-12)17(19)14-9-5-4-8-13(14)15/h1-10H,11H2. The molecule has 0 saturated heterocycles. The van der Waals surface area contributed by atoms with Crippen LogP contribution in [0.1, 0.15) is 26.3 Å². The molecule has 0 amide bonds. The highest BCUT2D eigenvalue weighted by molar-refractivity contribution is 8.03. The molecule has 0 spiro atoms. The summed E-state index contributed by atoms with van der Waals surface area (Å²) in [5.41, 5.74) is 2.15. The molecule has 98 valence electrons. The first-order chi connectivity index (χ1) is 9.75. The molecular weight excluding hydrogens is 268 g/mol. The van der Waals surface area contributed by atoms with Gasteiger partial charge in [-0.05, 0) is 5.56 Å². The Bertz CT molecular complexity index is 702. The first kappa shape index (κ1) is 12.9. The summed E-state index contributed by atoms with van der Waals surface area (Å²) < 4.78 is 0. The van der Waals surface area contributed by atoms with Gasteiger partial charge in [0.05, 0.1) is 4.91 Å². The fraction of sp³-hybridized carbons (Fsp3) is 0.0588. The van der Waals surface area contributed by atoms with Gasteiger partial charge in [0.15, 0.2) is 11.6 Å². The van der Waals surface area contributed by atoms with Crippen LogP contribution >= 0.6 is 11.8 Å². The number of allylic oxidation sites excluding steroid dienone is 2. The van der Waals surface area contributed by atoms with Gasteiger partial charge in [0.2, 0.25) is 0 Å². The Morgan fingerprint density at radius 2 is 1.45 bits per heavy atom. The van der Waals surface area contributed by atoms with Gasteiger partial charge < -0.3 is 0 Å². The highest BCUT2D eigenvalue weighted by Crippen LogP contribution is 2.30. The van der Waals surface area contributed by atoms with Gasteiger partial charge in [0.1, 0.15) is 0 Å². The van der Waals surface area contributed by atoms with Gasteiger partial charge in [-0.15, -0.1) is 11.8 Å². The van der Waals surface area contributed by atoms with Gasteiger partial charge in [0, 0.05) is 23.0 Å². The summed E-state index contributed by atoms with van der Waals surface area (Å²) in [4.78, 5) is 24.9. The fourth-order valence-electron chi connectivity index (χ4n) is 2.13. The topological polar surface area (TPSA) is 34.1 Å². The molecule has 1 aliphatic rings. The molecule has 0 N–H and O–H groups in total. The summed E-state index contributed by atoms with van der Waals surface area (Å²) >= 11 is 1.42. The lowest BCUT2D eigenvalue weighted by molar-refractivity contribution is 0.0991. The van der Waals surface area contributed by atoms with E-state index in [0.29, 0.717) is 21.8 Å². The van der Waals surface area contributed by atoms with E-state index in [1.54, 1.807) is 24.3 Å². The number of benzene rings is 2. The average Bonchev–Trinajstić information content (AvgIpc) is 2.50. The Hall–Kier alpha value is -2.13. The zero-order chi connectivity index (χ0) is 13.9. The summed E-state index contributed by atoms with van der Waals surface area (Å²) in [6.07, 6.45) is 1.46. The Balaban J connectivity index is 1.82. The molecule has 0 radical (unpaired) electrons. The Labute approximate surface area is 121 Å². The molecule has 0 unspecified atom stereocenters. The highest BCUT2D eigenvalue weighted by atomic mass is 32.2. The van der Waals surface area contributed by atoms with E-state index in [-0.39, 0.29) is 11.6 Å². The predicted octanol–water partition coefficient (Wildman–Crippen LogP) is 3.88. The molecule has 0 heterocycles. The zero-order valence-electron chi connectivity index (χ0n) is 10.7. The smallest absolute Gasteiger partial charge is 0.200 e. The van der Waals surface area contributed by atoms with Crippen molar-refractivity contribution in [3.8, 4) is 0 Å². The van der Waals surface area contributed by atoms with Crippen LogP contribution < -0.4 is 0 Å². The summed E-state index contributed by atoms with van der Waals surface area (Å²) in [5, 5.41) is 0. The second-order valence-electron chi connectivity index (χ2n) is 4.52. The van der Waals surface area contributed by atoms with Crippen LogP contribution in [0.15, 0.2) is 65.6 Å². The minimum atomic E-state index is -0.0873. The summed E-state index contributed by atoms with van der Waals surface area (Å²) in [6, 6.07) is 16.9. The van der Waals surface area contributed by atoms with Gasteiger partial charge in [-0.25, -0.2) is 0 Å². The van der Waals surface area contributed by atoms with Gasteiger partial charge in [-0.3, -0.25) is 9.59 Å². The maximum absolute atomic E-state index is 12.3. The summed E-state index contributed by atoms with van der Waals surface area (Å²) in [6.45, 7) is 0. The van der Waals surface area contributed by atoms with Crippen molar-refractivity contribution in [1.82, 2.24) is 0 Å². The molecule has 0 aromatic heterocycles. The lowest BCUT2D eigenvalue weighted by Crippen LogP contribution is -2.15. The average molecular weight is 280 g/mol. The van der Waals surface area contributed by atoms with Crippen LogP contribution in [-0.2, 0) is 5.75 Å². The molecule has 0 fully saturated rings. The van der Waals surface area contributed by atoms with Crippen molar-refractivity contribution in [1.29, 1.82) is 0 Å². The van der Waals surface area contributed by atoms with Crippen LogP contribution in [0.2, 0.25) is 0 Å². The SMILES string of the molecule is O=C1C=C(SCc2ccccc2)C(=O)c2ccccc21. The Kier molecular flexibility index (Phi) is 3.52. The molecule has 1 aliphatic carbocycles. The van der Waals surface area contributed by atoms with Crippen molar-refractivity contribution in [2.45, 2.75) is 5.75 Å². The van der Waals surface area contributed by atoms with E-state index in [9.17, 15) is 9.59 Å². The van der Waals surface area contributed by atoms with Crippen LogP contribution in [0.5, 0.6) is 0 Å².